The summed E-state index contributed by atoms with van der Waals surface area (Å²) in [6, 6.07) is 0. The van der Waals surface area contributed by atoms with Gasteiger partial charge in [-0.25, -0.2) is 9.59 Å². The van der Waals surface area contributed by atoms with E-state index in [4.69, 9.17) is 26.5 Å². The van der Waals surface area contributed by atoms with Gasteiger partial charge in [-0.3, -0.25) is 10.2 Å². The zero-order valence-corrected chi connectivity index (χ0v) is 13.4. The van der Waals surface area contributed by atoms with Gasteiger partial charge in [-0.1, -0.05) is 20.3 Å². The molecule has 0 bridgehead atoms. The van der Waals surface area contributed by atoms with E-state index in [1.807, 2.05) is 6.92 Å². The highest BCUT2D eigenvalue weighted by Gasteiger charge is 2.40. The van der Waals surface area contributed by atoms with Crippen LogP contribution in [0.1, 0.15) is 39.5 Å². The molecule has 23 heavy (non-hydrogen) atoms. The van der Waals surface area contributed by atoms with Crippen molar-refractivity contribution < 1.29 is 34.8 Å². The molecule has 2 unspecified atom stereocenters. The highest BCUT2D eigenvalue weighted by Crippen LogP contribution is 2.24. The number of guanidine groups is 1. The summed E-state index contributed by atoms with van der Waals surface area (Å²) in [5, 5.41) is 40.6. The van der Waals surface area contributed by atoms with Gasteiger partial charge >= 0.3 is 17.9 Å². The molecular weight excluding hydrogens is 310 g/mol. The molecule has 0 aromatic heterocycles. The summed E-state index contributed by atoms with van der Waals surface area (Å²) in [4.78, 5) is 31.9. The van der Waals surface area contributed by atoms with Gasteiger partial charge in [0.05, 0.1) is 6.42 Å². The van der Waals surface area contributed by atoms with Gasteiger partial charge < -0.3 is 31.1 Å². The van der Waals surface area contributed by atoms with Crippen molar-refractivity contribution in [2.45, 2.75) is 51.2 Å². The smallest absolute Gasteiger partial charge is 0.333 e. The molecule has 2 atom stereocenters. The van der Waals surface area contributed by atoms with Crippen molar-refractivity contribution in [2.75, 3.05) is 7.05 Å². The van der Waals surface area contributed by atoms with E-state index in [-0.39, 0.29) is 5.96 Å². The molecule has 0 saturated carbocycles. The highest BCUT2D eigenvalue weighted by molar-refractivity contribution is 5.86. The van der Waals surface area contributed by atoms with Crippen LogP contribution >= 0.6 is 0 Å². The minimum absolute atomic E-state index is 0.206. The number of likely N-dealkylation sites (N-methyl/N-ethyl adjacent to an activating group) is 1. The van der Waals surface area contributed by atoms with E-state index in [0.717, 1.165) is 6.42 Å². The summed E-state index contributed by atoms with van der Waals surface area (Å²) < 4.78 is 0. The summed E-state index contributed by atoms with van der Waals surface area (Å²) in [5.74, 6) is -3.97. The van der Waals surface area contributed by atoms with Crippen molar-refractivity contribution in [3.63, 3.8) is 0 Å². The average molecular weight is 335 g/mol. The molecule has 0 saturated heterocycles. The molecule has 0 rings (SSSR count). The third kappa shape index (κ3) is 7.45. The molecule has 0 fully saturated rings. The Morgan fingerprint density at radius 1 is 1.22 bits per heavy atom. The SMILES string of the molecule is CCCC(CC)(C(=O)O)N(C)C(=N)N.O=C(O)CC(O)C(=O)O. The summed E-state index contributed by atoms with van der Waals surface area (Å²) >= 11 is 0. The Morgan fingerprint density at radius 2 is 1.70 bits per heavy atom. The Kier molecular flexibility index (Phi) is 10.3. The Morgan fingerprint density at radius 3 is 1.87 bits per heavy atom. The maximum Gasteiger partial charge on any atom is 0.333 e. The number of hydrogen-bond acceptors (Lipinski definition) is 5. The van der Waals surface area contributed by atoms with Gasteiger partial charge in [0.2, 0.25) is 0 Å². The molecular formula is C13H25N3O7. The zero-order chi connectivity index (χ0) is 18.8. The Bertz CT molecular complexity index is 441. The monoisotopic (exact) mass is 335 g/mol. The fraction of sp³-hybridized carbons (Fsp3) is 0.692. The first-order valence-electron chi connectivity index (χ1n) is 6.90. The number of carboxylic acid groups (broad SMARTS) is 3. The molecule has 0 heterocycles. The molecule has 0 spiro atoms. The van der Waals surface area contributed by atoms with Crippen LogP contribution in [0.2, 0.25) is 0 Å². The van der Waals surface area contributed by atoms with Gasteiger partial charge in [0.25, 0.3) is 0 Å². The summed E-state index contributed by atoms with van der Waals surface area (Å²) in [5.41, 5.74) is 4.28. The number of nitrogens with zero attached hydrogens (tertiary/aromatic N) is 1. The number of nitrogens with two attached hydrogens (primary N) is 1. The summed E-state index contributed by atoms with van der Waals surface area (Å²) in [6.07, 6.45) is -0.864. The number of carboxylic acids is 3. The van der Waals surface area contributed by atoms with E-state index in [1.54, 1.807) is 14.0 Å². The van der Waals surface area contributed by atoms with Crippen LogP contribution in [0, 0.1) is 5.41 Å². The molecule has 0 aromatic rings. The lowest BCUT2D eigenvalue weighted by molar-refractivity contribution is -0.152. The largest absolute Gasteiger partial charge is 0.481 e. The minimum Gasteiger partial charge on any atom is -0.481 e. The second kappa shape index (κ2) is 10.4. The zero-order valence-electron chi connectivity index (χ0n) is 13.4. The predicted molar refractivity (Wildman–Crippen MR) is 81.1 cm³/mol. The van der Waals surface area contributed by atoms with Crippen molar-refractivity contribution in [3.8, 4) is 0 Å². The lowest BCUT2D eigenvalue weighted by Gasteiger charge is -2.37. The highest BCUT2D eigenvalue weighted by atomic mass is 16.4. The van der Waals surface area contributed by atoms with E-state index < -0.39 is 36.0 Å². The van der Waals surface area contributed by atoms with Gasteiger partial charge in [-0.2, -0.15) is 0 Å². The molecule has 10 heteroatoms. The average Bonchev–Trinajstić information content (AvgIpc) is 2.43. The molecule has 134 valence electrons. The normalized spacial score (nSPS) is 13.7. The predicted octanol–water partition coefficient (Wildman–Crippen LogP) is -0.248. The van der Waals surface area contributed by atoms with E-state index in [1.165, 1.54) is 4.90 Å². The van der Waals surface area contributed by atoms with Gasteiger partial charge in [0, 0.05) is 7.05 Å². The number of aliphatic hydroxyl groups is 1. The van der Waals surface area contributed by atoms with Crippen molar-refractivity contribution in [1.82, 2.24) is 4.90 Å². The maximum atomic E-state index is 11.2. The Labute approximate surface area is 134 Å². The van der Waals surface area contributed by atoms with Gasteiger partial charge in [-0.05, 0) is 12.8 Å². The molecule has 0 radical (unpaired) electrons. The molecule has 10 nitrogen and oxygen atoms in total. The number of hydrogen-bond donors (Lipinski definition) is 6. The number of rotatable bonds is 8. The summed E-state index contributed by atoms with van der Waals surface area (Å²) in [6.45, 7) is 3.71. The Hall–Kier alpha value is -2.36. The van der Waals surface area contributed by atoms with Crippen LogP contribution in [0.25, 0.3) is 0 Å². The molecule has 0 aliphatic carbocycles. The first kappa shape index (κ1) is 22.9. The molecule has 0 aromatic carbocycles. The lowest BCUT2D eigenvalue weighted by Crippen LogP contribution is -2.56. The van der Waals surface area contributed by atoms with Crippen LogP contribution in [0.15, 0.2) is 0 Å². The number of aliphatic carboxylic acids is 3. The second-order valence-electron chi connectivity index (χ2n) is 4.84. The fourth-order valence-electron chi connectivity index (χ4n) is 1.88. The minimum atomic E-state index is -1.79. The van der Waals surface area contributed by atoms with Crippen LogP contribution in [0.4, 0.5) is 0 Å². The topological polar surface area (TPSA) is 185 Å². The molecule has 0 aliphatic rings. The summed E-state index contributed by atoms with van der Waals surface area (Å²) in [7, 11) is 1.55. The van der Waals surface area contributed by atoms with Gasteiger partial charge in [0.1, 0.15) is 5.54 Å². The third-order valence-corrected chi connectivity index (χ3v) is 3.30. The van der Waals surface area contributed by atoms with E-state index in [9.17, 15) is 19.5 Å². The van der Waals surface area contributed by atoms with Crippen molar-refractivity contribution >= 4 is 23.9 Å². The lowest BCUT2D eigenvalue weighted by atomic mass is 9.89. The van der Waals surface area contributed by atoms with Crippen molar-refractivity contribution in [2.24, 2.45) is 5.73 Å². The van der Waals surface area contributed by atoms with Crippen LogP contribution in [0.5, 0.6) is 0 Å². The molecule has 0 aliphatic heterocycles. The standard InChI is InChI=1S/C9H19N3O2.C4H6O5/c1-4-6-9(5-2,7(13)14)12(3)8(10)11;5-2(4(8)9)1-3(6)7/h4-6H2,1-3H3,(H3,10,11)(H,13,14);2,5H,1H2,(H,6,7)(H,8,9). The first-order chi connectivity index (χ1) is 10.5. The van der Waals surface area contributed by atoms with Gasteiger partial charge in [0.15, 0.2) is 12.1 Å². The van der Waals surface area contributed by atoms with Crippen molar-refractivity contribution in [1.29, 1.82) is 5.41 Å². The Balaban J connectivity index is 0. The van der Waals surface area contributed by atoms with Gasteiger partial charge in [-0.15, -0.1) is 0 Å². The van der Waals surface area contributed by atoms with Crippen LogP contribution in [-0.4, -0.2) is 67.9 Å². The molecule has 7 N–H and O–H groups in total. The van der Waals surface area contributed by atoms with Crippen LogP contribution < -0.4 is 5.73 Å². The van der Waals surface area contributed by atoms with E-state index in [2.05, 4.69) is 0 Å². The van der Waals surface area contributed by atoms with Crippen molar-refractivity contribution in [3.05, 3.63) is 0 Å². The quantitative estimate of drug-likeness (QED) is 0.257. The van der Waals surface area contributed by atoms with Crippen LogP contribution in [-0.2, 0) is 14.4 Å². The fourth-order valence-corrected chi connectivity index (χ4v) is 1.88. The maximum absolute atomic E-state index is 11.2. The number of nitrogens with one attached hydrogen (secondary N) is 1. The van der Waals surface area contributed by atoms with E-state index in [0.29, 0.717) is 12.8 Å². The van der Waals surface area contributed by atoms with E-state index >= 15 is 0 Å². The van der Waals surface area contributed by atoms with Crippen LogP contribution in [0.3, 0.4) is 0 Å². The third-order valence-electron chi connectivity index (χ3n) is 3.30. The number of aliphatic hydroxyl groups excluding tert-OH is 1. The molecule has 0 amide bonds. The first-order valence-corrected chi connectivity index (χ1v) is 6.90. The second-order valence-corrected chi connectivity index (χ2v) is 4.84. The number of carbonyl (C=O) groups is 3.